The minimum absolute atomic E-state index is 0.248. The van der Waals surface area contributed by atoms with Gasteiger partial charge in [-0.2, -0.15) is 0 Å². The molecule has 0 radical (unpaired) electrons. The number of carbonyl (C=O) groups is 1. The smallest absolute Gasteiger partial charge is 0.222 e. The third-order valence-corrected chi connectivity index (χ3v) is 7.43. The van der Waals surface area contributed by atoms with Gasteiger partial charge in [-0.1, -0.05) is 49.0 Å². The molecule has 0 unspecified atom stereocenters. The highest BCUT2D eigenvalue weighted by molar-refractivity contribution is 7.99. The van der Waals surface area contributed by atoms with E-state index in [0.29, 0.717) is 18.1 Å². The van der Waals surface area contributed by atoms with E-state index in [9.17, 15) is 9.18 Å². The molecule has 0 spiro atoms. The summed E-state index contributed by atoms with van der Waals surface area (Å²) < 4.78 is 15.5. The van der Waals surface area contributed by atoms with Crippen LogP contribution in [0.4, 0.5) is 4.39 Å². The van der Waals surface area contributed by atoms with Crippen molar-refractivity contribution < 1.29 is 9.18 Å². The number of benzene rings is 2. The van der Waals surface area contributed by atoms with Gasteiger partial charge in [0.2, 0.25) is 11.1 Å². The van der Waals surface area contributed by atoms with E-state index in [-0.39, 0.29) is 11.7 Å². The second-order valence-electron chi connectivity index (χ2n) is 9.01. The molecule has 4 aromatic rings. The Balaban J connectivity index is 1.30. The zero-order valence-corrected chi connectivity index (χ0v) is 20.1. The van der Waals surface area contributed by atoms with Crippen molar-refractivity contribution in [3.63, 3.8) is 0 Å². The number of hydrogen-bond donors (Lipinski definition) is 0. The zero-order valence-electron chi connectivity index (χ0n) is 19.3. The molecule has 1 amide bonds. The lowest BCUT2D eigenvalue weighted by Crippen LogP contribution is -2.37. The van der Waals surface area contributed by atoms with Crippen LogP contribution in [0.1, 0.15) is 38.2 Å². The number of para-hydroxylation sites is 1. The Morgan fingerprint density at radius 2 is 1.85 bits per heavy atom. The largest absolute Gasteiger partial charge is 0.343 e. The maximum Gasteiger partial charge on any atom is 0.222 e. The Morgan fingerprint density at radius 1 is 1.09 bits per heavy atom. The molecule has 0 atom stereocenters. The van der Waals surface area contributed by atoms with Crippen LogP contribution in [-0.4, -0.2) is 49.4 Å². The number of hydrogen-bond acceptors (Lipinski definition) is 5. The van der Waals surface area contributed by atoms with E-state index in [2.05, 4.69) is 21.7 Å². The average Bonchev–Trinajstić information content (AvgIpc) is 3.16. The molecule has 6 nitrogen and oxygen atoms in total. The second-order valence-corrected chi connectivity index (χ2v) is 10.1. The molecule has 176 valence electrons. The number of halogens is 1. The molecule has 5 rings (SSSR count). The van der Waals surface area contributed by atoms with Crippen LogP contribution in [0.2, 0.25) is 0 Å². The first kappa shape index (κ1) is 22.8. The zero-order chi connectivity index (χ0) is 23.5. The molecule has 2 aromatic carbocycles. The standard InChI is InChI=1S/C26H28FN5OS/c1-18-12-14-31(15-13-18)23(33)7-4-16-34-26-28-25-24(29-30-26)21-5-2-3-6-22(21)32(25)17-19-8-10-20(27)11-9-19/h2-3,5-6,8-11,18H,4,7,12-17H2,1H3. The van der Waals surface area contributed by atoms with Gasteiger partial charge in [0.25, 0.3) is 0 Å². The van der Waals surface area contributed by atoms with Crippen LogP contribution in [-0.2, 0) is 11.3 Å². The Kier molecular flexibility index (Phi) is 6.76. The van der Waals surface area contributed by atoms with Crippen LogP contribution in [0.25, 0.3) is 22.1 Å². The van der Waals surface area contributed by atoms with E-state index >= 15 is 0 Å². The van der Waals surface area contributed by atoms with Gasteiger partial charge in [0.1, 0.15) is 11.3 Å². The molecule has 0 saturated carbocycles. The van der Waals surface area contributed by atoms with Gasteiger partial charge in [-0.25, -0.2) is 9.37 Å². The molecular weight excluding hydrogens is 449 g/mol. The van der Waals surface area contributed by atoms with E-state index in [4.69, 9.17) is 4.98 Å². The summed E-state index contributed by atoms with van der Waals surface area (Å²) in [5, 5.41) is 10.4. The predicted molar refractivity (Wildman–Crippen MR) is 133 cm³/mol. The van der Waals surface area contributed by atoms with Crippen molar-refractivity contribution >= 4 is 39.7 Å². The molecule has 0 N–H and O–H groups in total. The third kappa shape index (κ3) is 4.92. The fourth-order valence-corrected chi connectivity index (χ4v) is 5.21. The van der Waals surface area contributed by atoms with Gasteiger partial charge in [0, 0.05) is 37.2 Å². The molecule has 2 aromatic heterocycles. The lowest BCUT2D eigenvalue weighted by molar-refractivity contribution is -0.132. The maximum atomic E-state index is 13.4. The molecule has 1 fully saturated rings. The summed E-state index contributed by atoms with van der Waals surface area (Å²) in [5.74, 6) is 1.49. The summed E-state index contributed by atoms with van der Waals surface area (Å²) in [6.45, 7) is 4.59. The highest BCUT2D eigenvalue weighted by Gasteiger charge is 2.20. The second kappa shape index (κ2) is 10.1. The summed E-state index contributed by atoms with van der Waals surface area (Å²) in [7, 11) is 0. The average molecular weight is 478 g/mol. The van der Waals surface area contributed by atoms with Crippen molar-refractivity contribution in [1.29, 1.82) is 0 Å². The lowest BCUT2D eigenvalue weighted by atomic mass is 9.99. The number of nitrogens with zero attached hydrogens (tertiary/aromatic N) is 5. The molecule has 0 aliphatic carbocycles. The summed E-state index contributed by atoms with van der Waals surface area (Å²) >= 11 is 1.53. The lowest BCUT2D eigenvalue weighted by Gasteiger charge is -2.30. The molecule has 0 bridgehead atoms. The molecule has 3 heterocycles. The van der Waals surface area contributed by atoms with Crippen LogP contribution < -0.4 is 0 Å². The van der Waals surface area contributed by atoms with Crippen molar-refractivity contribution in [2.75, 3.05) is 18.8 Å². The summed E-state index contributed by atoms with van der Waals surface area (Å²) in [4.78, 5) is 19.3. The number of piperidine rings is 1. The van der Waals surface area contributed by atoms with Crippen molar-refractivity contribution in [1.82, 2.24) is 24.6 Å². The fourth-order valence-electron chi connectivity index (χ4n) is 4.49. The molecule has 1 aliphatic rings. The topological polar surface area (TPSA) is 63.9 Å². The number of rotatable bonds is 7. The van der Waals surface area contributed by atoms with E-state index < -0.39 is 0 Å². The van der Waals surface area contributed by atoms with Gasteiger partial charge >= 0.3 is 0 Å². The number of amides is 1. The van der Waals surface area contributed by atoms with Crippen LogP contribution in [0.3, 0.4) is 0 Å². The Labute approximate surface area is 202 Å². The van der Waals surface area contributed by atoms with E-state index in [0.717, 1.165) is 71.7 Å². The van der Waals surface area contributed by atoms with Crippen LogP contribution in [0, 0.1) is 11.7 Å². The molecule has 8 heteroatoms. The first-order valence-electron chi connectivity index (χ1n) is 11.8. The molecule has 1 aliphatic heterocycles. The van der Waals surface area contributed by atoms with E-state index in [1.807, 2.05) is 29.2 Å². The van der Waals surface area contributed by atoms with Crippen molar-refractivity contribution in [3.05, 3.63) is 59.9 Å². The van der Waals surface area contributed by atoms with Gasteiger partial charge in [0.05, 0.1) is 5.52 Å². The van der Waals surface area contributed by atoms with Gasteiger partial charge < -0.3 is 9.47 Å². The minimum atomic E-state index is -0.248. The maximum absolute atomic E-state index is 13.4. The monoisotopic (exact) mass is 477 g/mol. The van der Waals surface area contributed by atoms with Gasteiger partial charge in [-0.05, 0) is 48.9 Å². The Hall–Kier alpha value is -3.00. The van der Waals surface area contributed by atoms with Crippen LogP contribution in [0.15, 0.2) is 53.7 Å². The summed E-state index contributed by atoms with van der Waals surface area (Å²) in [6, 6.07) is 14.6. The SMILES string of the molecule is CC1CCN(C(=O)CCCSc2nnc3c4ccccc4n(Cc4ccc(F)cc4)c3n2)CC1. The Morgan fingerprint density at radius 3 is 2.65 bits per heavy atom. The van der Waals surface area contributed by atoms with Gasteiger partial charge in [-0.3, -0.25) is 4.79 Å². The first-order chi connectivity index (χ1) is 16.6. The first-order valence-corrected chi connectivity index (χ1v) is 12.8. The van der Waals surface area contributed by atoms with Crippen molar-refractivity contribution in [2.45, 2.75) is 44.3 Å². The van der Waals surface area contributed by atoms with Crippen molar-refractivity contribution in [3.8, 4) is 0 Å². The quantitative estimate of drug-likeness (QED) is 0.267. The predicted octanol–water partition coefficient (Wildman–Crippen LogP) is 5.30. The Bertz CT molecular complexity index is 1300. The third-order valence-electron chi connectivity index (χ3n) is 6.51. The number of likely N-dealkylation sites (tertiary alicyclic amines) is 1. The van der Waals surface area contributed by atoms with Gasteiger partial charge in [0.15, 0.2) is 5.65 Å². The number of aromatic nitrogens is 4. The normalized spacial score (nSPS) is 14.8. The minimum Gasteiger partial charge on any atom is -0.343 e. The van der Waals surface area contributed by atoms with E-state index in [1.165, 1.54) is 23.9 Å². The summed E-state index contributed by atoms with van der Waals surface area (Å²) in [5.41, 5.74) is 3.54. The van der Waals surface area contributed by atoms with Crippen LogP contribution in [0.5, 0.6) is 0 Å². The summed E-state index contributed by atoms with van der Waals surface area (Å²) in [6.07, 6.45) is 3.55. The molecule has 34 heavy (non-hydrogen) atoms. The van der Waals surface area contributed by atoms with Crippen molar-refractivity contribution in [2.24, 2.45) is 5.92 Å². The highest BCUT2D eigenvalue weighted by Crippen LogP contribution is 2.28. The van der Waals surface area contributed by atoms with Gasteiger partial charge in [-0.15, -0.1) is 10.2 Å². The highest BCUT2D eigenvalue weighted by atomic mass is 32.2. The number of carbonyl (C=O) groups excluding carboxylic acids is 1. The number of thioether (sulfide) groups is 1. The number of fused-ring (bicyclic) bond motifs is 3. The fraction of sp³-hybridized carbons (Fsp3) is 0.385. The molecular formula is C26H28FN5OS. The van der Waals surface area contributed by atoms with E-state index in [1.54, 1.807) is 12.1 Å². The van der Waals surface area contributed by atoms with Crippen LogP contribution >= 0.6 is 11.8 Å². The molecule has 1 saturated heterocycles.